The molecule has 7 nitrogen and oxygen atoms in total. The number of carbonyl (C=O) groups is 2. The molecule has 164 valence electrons. The van der Waals surface area contributed by atoms with Crippen molar-refractivity contribution in [2.45, 2.75) is 26.8 Å². The standard InChI is InChI=1S/C25H25N3O4/c1-16-14-21(17(2)28(16)13-12-18-8-10-19(31-3)11-9-18)23(29)15-32-25(30)24-20-6-4-5-7-22(20)26-27-24/h4-11,14H,12-13,15H2,1-3H3,(H,26,27). The molecule has 0 aliphatic rings. The van der Waals surface area contributed by atoms with Crippen LogP contribution in [0.15, 0.2) is 54.6 Å². The van der Waals surface area contributed by atoms with E-state index < -0.39 is 5.97 Å². The lowest BCUT2D eigenvalue weighted by Crippen LogP contribution is -2.15. The van der Waals surface area contributed by atoms with Crippen LogP contribution in [0.1, 0.15) is 37.8 Å². The van der Waals surface area contributed by atoms with Gasteiger partial charge in [0.2, 0.25) is 5.78 Å². The van der Waals surface area contributed by atoms with E-state index in [0.717, 1.165) is 35.6 Å². The summed E-state index contributed by atoms with van der Waals surface area (Å²) in [6.45, 7) is 4.30. The number of aryl methyl sites for hydroxylation is 2. The Hall–Kier alpha value is -3.87. The van der Waals surface area contributed by atoms with E-state index in [9.17, 15) is 9.59 Å². The fraction of sp³-hybridized carbons (Fsp3) is 0.240. The van der Waals surface area contributed by atoms with Crippen molar-refractivity contribution >= 4 is 22.7 Å². The second-order valence-electron chi connectivity index (χ2n) is 7.65. The molecule has 2 aromatic heterocycles. The van der Waals surface area contributed by atoms with Gasteiger partial charge in [0.15, 0.2) is 12.3 Å². The average Bonchev–Trinajstić information content (AvgIpc) is 3.37. The van der Waals surface area contributed by atoms with Crippen molar-refractivity contribution in [2.24, 2.45) is 0 Å². The second kappa shape index (κ2) is 9.09. The molecule has 0 aliphatic carbocycles. The van der Waals surface area contributed by atoms with Crippen LogP contribution in [-0.2, 0) is 17.7 Å². The van der Waals surface area contributed by atoms with E-state index in [1.165, 1.54) is 5.56 Å². The molecule has 0 aliphatic heterocycles. The first-order valence-corrected chi connectivity index (χ1v) is 10.4. The molecule has 0 spiro atoms. The summed E-state index contributed by atoms with van der Waals surface area (Å²) in [5, 5.41) is 7.49. The minimum atomic E-state index is -0.621. The quantitative estimate of drug-likeness (QED) is 0.333. The minimum absolute atomic E-state index is 0.179. The molecule has 7 heteroatoms. The van der Waals surface area contributed by atoms with E-state index >= 15 is 0 Å². The lowest BCUT2D eigenvalue weighted by Gasteiger charge is -2.10. The maximum Gasteiger partial charge on any atom is 0.359 e. The maximum absolute atomic E-state index is 12.8. The van der Waals surface area contributed by atoms with Crippen molar-refractivity contribution in [1.82, 2.24) is 14.8 Å². The zero-order chi connectivity index (χ0) is 22.7. The largest absolute Gasteiger partial charge is 0.497 e. The Bertz CT molecular complexity index is 1270. The number of H-pyrrole nitrogens is 1. The van der Waals surface area contributed by atoms with Gasteiger partial charge in [0.1, 0.15) is 5.75 Å². The van der Waals surface area contributed by atoms with Crippen LogP contribution in [0.5, 0.6) is 5.75 Å². The molecule has 32 heavy (non-hydrogen) atoms. The first-order chi connectivity index (χ1) is 15.5. The van der Waals surface area contributed by atoms with Crippen molar-refractivity contribution in [3.05, 3.63) is 82.8 Å². The molecule has 0 radical (unpaired) electrons. The van der Waals surface area contributed by atoms with Gasteiger partial charge in [-0.3, -0.25) is 9.89 Å². The number of ketones is 1. The van der Waals surface area contributed by atoms with E-state index in [-0.39, 0.29) is 18.1 Å². The van der Waals surface area contributed by atoms with Crippen LogP contribution < -0.4 is 4.74 Å². The Labute approximate surface area is 186 Å². The fourth-order valence-electron chi connectivity index (χ4n) is 3.86. The molecule has 4 aromatic rings. The Morgan fingerprint density at radius 2 is 1.81 bits per heavy atom. The third kappa shape index (κ3) is 4.27. The highest BCUT2D eigenvalue weighted by Crippen LogP contribution is 2.19. The van der Waals surface area contributed by atoms with E-state index in [1.54, 1.807) is 13.2 Å². The van der Waals surface area contributed by atoms with Crippen molar-refractivity contribution in [3.8, 4) is 5.75 Å². The molecule has 0 amide bonds. The van der Waals surface area contributed by atoms with Gasteiger partial charge in [-0.25, -0.2) is 4.79 Å². The topological polar surface area (TPSA) is 86.2 Å². The number of hydrogen-bond acceptors (Lipinski definition) is 5. The van der Waals surface area contributed by atoms with Gasteiger partial charge in [0, 0.05) is 28.9 Å². The van der Waals surface area contributed by atoms with Crippen LogP contribution in [0.4, 0.5) is 0 Å². The van der Waals surface area contributed by atoms with Gasteiger partial charge in [0.25, 0.3) is 0 Å². The molecule has 2 heterocycles. The van der Waals surface area contributed by atoms with E-state index in [0.29, 0.717) is 10.9 Å². The number of carbonyl (C=O) groups excluding carboxylic acids is 2. The molecule has 0 saturated carbocycles. The van der Waals surface area contributed by atoms with Gasteiger partial charge in [-0.1, -0.05) is 30.3 Å². The van der Waals surface area contributed by atoms with E-state index in [1.807, 2.05) is 62.4 Å². The van der Waals surface area contributed by atoms with Gasteiger partial charge < -0.3 is 14.0 Å². The number of aromatic nitrogens is 3. The number of aromatic amines is 1. The first kappa shape index (κ1) is 21.4. The summed E-state index contributed by atoms with van der Waals surface area (Å²) < 4.78 is 12.6. The Balaban J connectivity index is 1.41. The molecule has 0 unspecified atom stereocenters. The van der Waals surface area contributed by atoms with Gasteiger partial charge in [-0.15, -0.1) is 0 Å². The predicted octanol–water partition coefficient (Wildman–Crippen LogP) is 4.27. The molecule has 2 aromatic carbocycles. The number of methoxy groups -OCH3 is 1. The van der Waals surface area contributed by atoms with Crippen LogP contribution >= 0.6 is 0 Å². The highest BCUT2D eigenvalue weighted by Gasteiger charge is 2.20. The van der Waals surface area contributed by atoms with Crippen molar-refractivity contribution in [3.63, 3.8) is 0 Å². The molecular weight excluding hydrogens is 406 g/mol. The zero-order valence-electron chi connectivity index (χ0n) is 18.3. The predicted molar refractivity (Wildman–Crippen MR) is 121 cm³/mol. The van der Waals surface area contributed by atoms with Crippen LogP contribution in [0.3, 0.4) is 0 Å². The smallest absolute Gasteiger partial charge is 0.359 e. The van der Waals surface area contributed by atoms with E-state index in [2.05, 4.69) is 14.8 Å². The van der Waals surface area contributed by atoms with Crippen molar-refractivity contribution < 1.29 is 19.1 Å². The third-order valence-electron chi connectivity index (χ3n) is 5.66. The highest BCUT2D eigenvalue weighted by atomic mass is 16.5. The van der Waals surface area contributed by atoms with Crippen LogP contribution in [-0.4, -0.2) is 40.2 Å². The number of hydrogen-bond donors (Lipinski definition) is 1. The molecule has 1 N–H and O–H groups in total. The Kier molecular flexibility index (Phi) is 6.07. The average molecular weight is 431 g/mol. The summed E-state index contributed by atoms with van der Waals surface area (Å²) in [7, 11) is 1.65. The van der Waals surface area contributed by atoms with Gasteiger partial charge in [0.05, 0.1) is 12.6 Å². The number of rotatable bonds is 8. The van der Waals surface area contributed by atoms with Crippen LogP contribution in [0.2, 0.25) is 0 Å². The summed E-state index contributed by atoms with van der Waals surface area (Å²) >= 11 is 0. The van der Waals surface area contributed by atoms with Crippen LogP contribution in [0.25, 0.3) is 10.9 Å². The van der Waals surface area contributed by atoms with Gasteiger partial charge >= 0.3 is 5.97 Å². The molecule has 4 rings (SSSR count). The lowest BCUT2D eigenvalue weighted by molar-refractivity contribution is 0.0470. The molecule has 0 atom stereocenters. The molecule has 0 fully saturated rings. The number of nitrogens with one attached hydrogen (secondary N) is 1. The number of nitrogens with zero attached hydrogens (tertiary/aromatic N) is 2. The minimum Gasteiger partial charge on any atom is -0.497 e. The van der Waals surface area contributed by atoms with Crippen molar-refractivity contribution in [2.75, 3.05) is 13.7 Å². The maximum atomic E-state index is 12.8. The Morgan fingerprint density at radius 3 is 2.56 bits per heavy atom. The number of ether oxygens (including phenoxy) is 2. The molecule has 0 saturated heterocycles. The van der Waals surface area contributed by atoms with Crippen LogP contribution in [0, 0.1) is 13.8 Å². The number of fused-ring (bicyclic) bond motifs is 1. The van der Waals surface area contributed by atoms with E-state index in [4.69, 9.17) is 9.47 Å². The van der Waals surface area contributed by atoms with Crippen molar-refractivity contribution in [1.29, 1.82) is 0 Å². The third-order valence-corrected chi connectivity index (χ3v) is 5.66. The summed E-state index contributed by atoms with van der Waals surface area (Å²) in [4.78, 5) is 25.2. The highest BCUT2D eigenvalue weighted by molar-refractivity contribution is 6.04. The molecular formula is C25H25N3O4. The number of para-hydroxylation sites is 1. The summed E-state index contributed by atoms with van der Waals surface area (Å²) in [6, 6.07) is 17.1. The lowest BCUT2D eigenvalue weighted by atomic mass is 10.1. The summed E-state index contributed by atoms with van der Waals surface area (Å²) in [5.74, 6) is -0.0292. The monoisotopic (exact) mass is 431 g/mol. The van der Waals surface area contributed by atoms with Gasteiger partial charge in [-0.2, -0.15) is 5.10 Å². The first-order valence-electron chi connectivity index (χ1n) is 10.4. The fourth-order valence-corrected chi connectivity index (χ4v) is 3.86. The Morgan fingerprint density at radius 1 is 1.06 bits per heavy atom. The zero-order valence-corrected chi connectivity index (χ0v) is 18.3. The molecule has 0 bridgehead atoms. The number of esters is 1. The SMILES string of the molecule is COc1ccc(CCn2c(C)cc(C(=O)COC(=O)c3n[nH]c4ccccc34)c2C)cc1. The number of Topliss-reactive ketones (excluding diaryl/α,β-unsaturated/α-hetero) is 1. The normalized spacial score (nSPS) is 11.0. The number of benzene rings is 2. The second-order valence-corrected chi connectivity index (χ2v) is 7.65. The summed E-state index contributed by atoms with van der Waals surface area (Å²) in [6.07, 6.45) is 0.829. The van der Waals surface area contributed by atoms with Gasteiger partial charge in [-0.05, 0) is 50.1 Å². The summed E-state index contributed by atoms with van der Waals surface area (Å²) in [5.41, 5.74) is 4.53.